The molecule has 1 atom stereocenters. The quantitative estimate of drug-likeness (QED) is 0.611. The van der Waals surface area contributed by atoms with Gasteiger partial charge in [0.25, 0.3) is 0 Å². The standard InChI is InChI=1S/C23H24N2O2/c1-2-6-19(7-3-1)17-26-22-10-12-23(13-11-22)27-18-21-9-5-15-25(21)20-8-4-14-24-16-20/h1-4,6-8,10-14,16,21H,5,9,15,17-18H2/t21-/m1/s1. The smallest absolute Gasteiger partial charge is 0.120 e. The van der Waals surface area contributed by atoms with Crippen molar-refractivity contribution >= 4 is 5.69 Å². The Morgan fingerprint density at radius 1 is 0.889 bits per heavy atom. The Bertz CT molecular complexity index is 822. The van der Waals surface area contributed by atoms with Gasteiger partial charge in [0.05, 0.1) is 17.9 Å². The van der Waals surface area contributed by atoms with Gasteiger partial charge in [-0.3, -0.25) is 4.98 Å². The number of nitrogens with zero attached hydrogens (tertiary/aromatic N) is 2. The summed E-state index contributed by atoms with van der Waals surface area (Å²) in [6.45, 7) is 2.31. The van der Waals surface area contributed by atoms with Gasteiger partial charge in [-0.05, 0) is 54.8 Å². The van der Waals surface area contributed by atoms with Gasteiger partial charge in [0.15, 0.2) is 0 Å². The summed E-state index contributed by atoms with van der Waals surface area (Å²) in [6, 6.07) is 22.6. The number of benzene rings is 2. The lowest BCUT2D eigenvalue weighted by atomic mass is 10.2. The van der Waals surface area contributed by atoms with Crippen LogP contribution in [0.5, 0.6) is 11.5 Å². The fourth-order valence-corrected chi connectivity index (χ4v) is 3.44. The van der Waals surface area contributed by atoms with Gasteiger partial charge >= 0.3 is 0 Å². The van der Waals surface area contributed by atoms with Crippen molar-refractivity contribution in [3.63, 3.8) is 0 Å². The van der Waals surface area contributed by atoms with Crippen LogP contribution in [0, 0.1) is 0 Å². The Morgan fingerprint density at radius 3 is 2.41 bits per heavy atom. The number of pyridine rings is 1. The summed E-state index contributed by atoms with van der Waals surface area (Å²) in [5.41, 5.74) is 2.34. The summed E-state index contributed by atoms with van der Waals surface area (Å²) in [4.78, 5) is 6.63. The summed E-state index contributed by atoms with van der Waals surface area (Å²) in [5.74, 6) is 1.73. The lowest BCUT2D eigenvalue weighted by Crippen LogP contribution is -2.34. The average Bonchev–Trinajstić information content (AvgIpc) is 3.21. The molecule has 2 heterocycles. The van der Waals surface area contributed by atoms with E-state index < -0.39 is 0 Å². The monoisotopic (exact) mass is 360 g/mol. The van der Waals surface area contributed by atoms with E-state index >= 15 is 0 Å². The highest BCUT2D eigenvalue weighted by atomic mass is 16.5. The topological polar surface area (TPSA) is 34.6 Å². The van der Waals surface area contributed by atoms with Gasteiger partial charge in [0.1, 0.15) is 24.7 Å². The molecule has 0 N–H and O–H groups in total. The van der Waals surface area contributed by atoms with Crippen LogP contribution in [0.3, 0.4) is 0 Å². The molecular weight excluding hydrogens is 336 g/mol. The normalized spacial score (nSPS) is 16.3. The number of aromatic nitrogens is 1. The molecule has 138 valence electrons. The molecule has 0 bridgehead atoms. The Balaban J connectivity index is 1.29. The first-order valence-corrected chi connectivity index (χ1v) is 9.45. The number of ether oxygens (including phenoxy) is 2. The molecule has 1 fully saturated rings. The van der Waals surface area contributed by atoms with Gasteiger partial charge < -0.3 is 14.4 Å². The molecule has 3 aromatic rings. The van der Waals surface area contributed by atoms with Crippen molar-refractivity contribution in [1.29, 1.82) is 0 Å². The van der Waals surface area contributed by atoms with Crippen molar-refractivity contribution in [3.8, 4) is 11.5 Å². The molecule has 27 heavy (non-hydrogen) atoms. The minimum atomic E-state index is 0.392. The molecule has 4 nitrogen and oxygen atoms in total. The van der Waals surface area contributed by atoms with Crippen molar-refractivity contribution in [2.75, 3.05) is 18.1 Å². The van der Waals surface area contributed by atoms with Crippen LogP contribution < -0.4 is 14.4 Å². The lowest BCUT2D eigenvalue weighted by molar-refractivity contribution is 0.285. The number of hydrogen-bond acceptors (Lipinski definition) is 4. The maximum atomic E-state index is 6.04. The van der Waals surface area contributed by atoms with Crippen LogP contribution in [0.4, 0.5) is 5.69 Å². The predicted octanol–water partition coefficient (Wildman–Crippen LogP) is 4.71. The summed E-state index contributed by atoms with van der Waals surface area (Å²) >= 11 is 0. The lowest BCUT2D eigenvalue weighted by Gasteiger charge is -2.26. The van der Waals surface area contributed by atoms with Gasteiger partial charge in [0, 0.05) is 12.7 Å². The van der Waals surface area contributed by atoms with E-state index in [0.29, 0.717) is 19.3 Å². The first-order valence-electron chi connectivity index (χ1n) is 9.45. The van der Waals surface area contributed by atoms with E-state index in [9.17, 15) is 0 Å². The Labute approximate surface area is 160 Å². The third-order valence-corrected chi connectivity index (χ3v) is 4.87. The third kappa shape index (κ3) is 4.59. The van der Waals surface area contributed by atoms with E-state index in [-0.39, 0.29) is 0 Å². The molecule has 4 heteroatoms. The van der Waals surface area contributed by atoms with Crippen LogP contribution in [0.2, 0.25) is 0 Å². The molecule has 1 aliphatic heterocycles. The van der Waals surface area contributed by atoms with Gasteiger partial charge in [-0.25, -0.2) is 0 Å². The van der Waals surface area contributed by atoms with Crippen molar-refractivity contribution in [1.82, 2.24) is 4.98 Å². The molecule has 1 aromatic heterocycles. The molecule has 0 saturated carbocycles. The zero-order valence-corrected chi connectivity index (χ0v) is 15.3. The van der Waals surface area contributed by atoms with Crippen LogP contribution in [-0.4, -0.2) is 24.2 Å². The highest BCUT2D eigenvalue weighted by Crippen LogP contribution is 2.26. The molecule has 0 unspecified atom stereocenters. The first-order chi connectivity index (χ1) is 13.4. The third-order valence-electron chi connectivity index (χ3n) is 4.87. The Morgan fingerprint density at radius 2 is 1.67 bits per heavy atom. The molecule has 1 aliphatic rings. The molecular formula is C23H24N2O2. The largest absolute Gasteiger partial charge is 0.491 e. The second-order valence-corrected chi connectivity index (χ2v) is 6.76. The highest BCUT2D eigenvalue weighted by molar-refractivity contribution is 5.46. The number of anilines is 1. The van der Waals surface area contributed by atoms with Crippen molar-refractivity contribution in [3.05, 3.63) is 84.7 Å². The molecule has 0 aliphatic carbocycles. The molecule has 0 radical (unpaired) electrons. The van der Waals surface area contributed by atoms with Crippen molar-refractivity contribution in [2.45, 2.75) is 25.5 Å². The first kappa shape index (κ1) is 17.4. The van der Waals surface area contributed by atoms with E-state index in [4.69, 9.17) is 9.47 Å². The maximum absolute atomic E-state index is 6.04. The Kier molecular flexibility index (Phi) is 5.53. The van der Waals surface area contributed by atoms with Crippen LogP contribution in [0.25, 0.3) is 0 Å². The molecule has 0 amide bonds. The van der Waals surface area contributed by atoms with Gasteiger partial charge in [0.2, 0.25) is 0 Å². The van der Waals surface area contributed by atoms with E-state index in [1.165, 1.54) is 12.1 Å². The molecule has 0 spiro atoms. The highest BCUT2D eigenvalue weighted by Gasteiger charge is 2.25. The minimum Gasteiger partial charge on any atom is -0.491 e. The zero-order valence-electron chi connectivity index (χ0n) is 15.3. The summed E-state index contributed by atoms with van der Waals surface area (Å²) in [5, 5.41) is 0. The van der Waals surface area contributed by atoms with Gasteiger partial charge in [-0.15, -0.1) is 0 Å². The number of rotatable bonds is 7. The van der Waals surface area contributed by atoms with Crippen LogP contribution in [-0.2, 0) is 6.61 Å². The summed E-state index contributed by atoms with van der Waals surface area (Å²) in [7, 11) is 0. The molecule has 2 aromatic carbocycles. The average molecular weight is 360 g/mol. The van der Waals surface area contributed by atoms with Crippen molar-refractivity contribution < 1.29 is 9.47 Å². The van der Waals surface area contributed by atoms with Crippen molar-refractivity contribution in [2.24, 2.45) is 0 Å². The van der Waals surface area contributed by atoms with E-state index in [2.05, 4.69) is 28.1 Å². The number of hydrogen-bond donors (Lipinski definition) is 0. The second kappa shape index (κ2) is 8.58. The van der Waals surface area contributed by atoms with E-state index in [1.54, 1.807) is 0 Å². The molecule has 1 saturated heterocycles. The second-order valence-electron chi connectivity index (χ2n) is 6.76. The van der Waals surface area contributed by atoms with Crippen LogP contribution in [0.1, 0.15) is 18.4 Å². The zero-order chi connectivity index (χ0) is 18.3. The minimum absolute atomic E-state index is 0.392. The fraction of sp³-hybridized carbons (Fsp3) is 0.261. The molecule has 4 rings (SSSR count). The maximum Gasteiger partial charge on any atom is 0.120 e. The fourth-order valence-electron chi connectivity index (χ4n) is 3.44. The predicted molar refractivity (Wildman–Crippen MR) is 107 cm³/mol. The summed E-state index contributed by atoms with van der Waals surface area (Å²) < 4.78 is 11.9. The van der Waals surface area contributed by atoms with Gasteiger partial charge in [-0.2, -0.15) is 0 Å². The SMILES string of the molecule is c1ccc(COc2ccc(OC[C@H]3CCCN3c3cccnc3)cc2)cc1. The van der Waals surface area contributed by atoms with Crippen LogP contribution >= 0.6 is 0 Å². The van der Waals surface area contributed by atoms with E-state index in [1.807, 2.05) is 60.9 Å². The van der Waals surface area contributed by atoms with E-state index in [0.717, 1.165) is 30.0 Å². The summed E-state index contributed by atoms with van der Waals surface area (Å²) in [6.07, 6.45) is 6.08. The van der Waals surface area contributed by atoms with Gasteiger partial charge in [-0.1, -0.05) is 30.3 Å². The Hall–Kier alpha value is -3.01. The van der Waals surface area contributed by atoms with Crippen LogP contribution in [0.15, 0.2) is 79.1 Å².